The highest BCUT2D eigenvalue weighted by Crippen LogP contribution is 2.31. The number of amides is 1. The van der Waals surface area contributed by atoms with Crippen molar-refractivity contribution in [1.82, 2.24) is 19.9 Å². The molecule has 0 saturated carbocycles. The van der Waals surface area contributed by atoms with Gasteiger partial charge in [0.15, 0.2) is 5.16 Å². The number of nitrogens with zero attached hydrogens (tertiary/aromatic N) is 3. The second-order valence-corrected chi connectivity index (χ2v) is 7.92. The number of carbonyl (C=O) groups excluding carboxylic acids is 1. The van der Waals surface area contributed by atoms with Crippen molar-refractivity contribution in [3.8, 4) is 17.0 Å². The predicted molar refractivity (Wildman–Crippen MR) is 112 cm³/mol. The summed E-state index contributed by atoms with van der Waals surface area (Å²) in [5.41, 5.74) is 2.77. The van der Waals surface area contributed by atoms with Crippen LogP contribution in [0.5, 0.6) is 5.75 Å². The number of aromatic nitrogens is 3. The fraction of sp³-hybridized carbons (Fsp3) is 0.150. The lowest BCUT2D eigenvalue weighted by Crippen LogP contribution is -2.24. The number of hydrogen-bond acceptors (Lipinski definition) is 6. The summed E-state index contributed by atoms with van der Waals surface area (Å²) in [7, 11) is 1.63. The Morgan fingerprint density at radius 1 is 1.24 bits per heavy atom. The molecule has 0 atom stereocenters. The fourth-order valence-electron chi connectivity index (χ4n) is 2.76. The number of methoxy groups -OCH3 is 1. The summed E-state index contributed by atoms with van der Waals surface area (Å²) in [6.07, 6.45) is 0. The molecule has 4 rings (SSSR count). The summed E-state index contributed by atoms with van der Waals surface area (Å²) in [4.78, 5) is 13.0. The van der Waals surface area contributed by atoms with Gasteiger partial charge in [0.05, 0.1) is 18.6 Å². The normalized spacial score (nSPS) is 11.0. The molecule has 0 aliphatic heterocycles. The minimum Gasteiger partial charge on any atom is -0.497 e. The van der Waals surface area contributed by atoms with Gasteiger partial charge in [-0.15, -0.1) is 21.5 Å². The zero-order chi connectivity index (χ0) is 20.2. The Morgan fingerprint density at radius 2 is 2.07 bits per heavy atom. The molecule has 0 bridgehead atoms. The molecule has 6 nitrogen and oxygen atoms in total. The average molecular weight is 429 g/mol. The number of thioether (sulfide) groups is 1. The third kappa shape index (κ3) is 4.41. The van der Waals surface area contributed by atoms with Gasteiger partial charge in [-0.2, -0.15) is 0 Å². The number of fused-ring (bicyclic) bond motifs is 1. The Hall–Kier alpha value is -2.91. The van der Waals surface area contributed by atoms with E-state index in [-0.39, 0.29) is 17.5 Å². The van der Waals surface area contributed by atoms with Gasteiger partial charge in [-0.05, 0) is 29.8 Å². The molecular weight excluding hydrogens is 411 g/mol. The Kier molecular flexibility index (Phi) is 5.77. The third-order valence-electron chi connectivity index (χ3n) is 4.22. The van der Waals surface area contributed by atoms with Gasteiger partial charge in [0, 0.05) is 17.5 Å². The molecule has 29 heavy (non-hydrogen) atoms. The zero-order valence-corrected chi connectivity index (χ0v) is 17.1. The first-order chi connectivity index (χ1) is 14.1. The van der Waals surface area contributed by atoms with E-state index >= 15 is 0 Å². The van der Waals surface area contributed by atoms with E-state index in [0.717, 1.165) is 27.5 Å². The number of rotatable bonds is 7. The Morgan fingerprint density at radius 3 is 2.86 bits per heavy atom. The minimum atomic E-state index is -0.297. The van der Waals surface area contributed by atoms with Crippen LogP contribution >= 0.6 is 23.1 Å². The highest BCUT2D eigenvalue weighted by atomic mass is 32.2. The monoisotopic (exact) mass is 428 g/mol. The van der Waals surface area contributed by atoms with E-state index in [9.17, 15) is 9.18 Å². The molecule has 4 aromatic rings. The smallest absolute Gasteiger partial charge is 0.230 e. The van der Waals surface area contributed by atoms with Crippen molar-refractivity contribution in [2.24, 2.45) is 0 Å². The van der Waals surface area contributed by atoms with Gasteiger partial charge in [-0.1, -0.05) is 36.0 Å². The molecule has 2 aromatic carbocycles. The van der Waals surface area contributed by atoms with Crippen molar-refractivity contribution in [2.45, 2.75) is 11.7 Å². The van der Waals surface area contributed by atoms with E-state index in [2.05, 4.69) is 15.5 Å². The van der Waals surface area contributed by atoms with Gasteiger partial charge in [0.25, 0.3) is 0 Å². The topological polar surface area (TPSA) is 68.5 Å². The predicted octanol–water partition coefficient (Wildman–Crippen LogP) is 4.01. The highest BCUT2D eigenvalue weighted by molar-refractivity contribution is 7.99. The van der Waals surface area contributed by atoms with Crippen LogP contribution in [0.4, 0.5) is 4.39 Å². The Bertz CT molecular complexity index is 1140. The maximum Gasteiger partial charge on any atom is 0.230 e. The molecule has 0 saturated heterocycles. The largest absolute Gasteiger partial charge is 0.497 e. The second kappa shape index (κ2) is 8.62. The van der Waals surface area contributed by atoms with Crippen molar-refractivity contribution in [3.63, 3.8) is 0 Å². The van der Waals surface area contributed by atoms with Gasteiger partial charge in [0.2, 0.25) is 10.9 Å². The van der Waals surface area contributed by atoms with E-state index < -0.39 is 0 Å². The molecule has 148 valence electrons. The van der Waals surface area contributed by atoms with E-state index in [4.69, 9.17) is 4.74 Å². The number of carbonyl (C=O) groups is 1. The number of nitrogens with one attached hydrogen (secondary N) is 1. The summed E-state index contributed by atoms with van der Waals surface area (Å²) in [5, 5.41) is 13.9. The summed E-state index contributed by atoms with van der Waals surface area (Å²) in [6, 6.07) is 13.8. The van der Waals surface area contributed by atoms with Crippen molar-refractivity contribution in [2.75, 3.05) is 12.9 Å². The van der Waals surface area contributed by atoms with Crippen molar-refractivity contribution in [3.05, 3.63) is 65.3 Å². The Balaban J connectivity index is 1.45. The summed E-state index contributed by atoms with van der Waals surface area (Å²) < 4.78 is 20.2. The third-order valence-corrected chi connectivity index (χ3v) is 5.97. The van der Waals surface area contributed by atoms with Crippen LogP contribution in [0.1, 0.15) is 5.56 Å². The van der Waals surface area contributed by atoms with Gasteiger partial charge in [0.1, 0.15) is 11.6 Å². The number of ether oxygens (including phenoxy) is 1. The van der Waals surface area contributed by atoms with Crippen LogP contribution in [0, 0.1) is 5.82 Å². The molecule has 0 aliphatic carbocycles. The molecule has 0 unspecified atom stereocenters. The van der Waals surface area contributed by atoms with Gasteiger partial charge < -0.3 is 10.1 Å². The molecule has 1 amide bonds. The van der Waals surface area contributed by atoms with Crippen LogP contribution in [-0.2, 0) is 11.3 Å². The van der Waals surface area contributed by atoms with Crippen LogP contribution in [0.2, 0.25) is 0 Å². The van der Waals surface area contributed by atoms with Crippen molar-refractivity contribution in [1.29, 1.82) is 0 Å². The van der Waals surface area contributed by atoms with Crippen molar-refractivity contribution >= 4 is 34.0 Å². The maximum atomic E-state index is 13.0. The first-order valence-electron chi connectivity index (χ1n) is 8.75. The summed E-state index contributed by atoms with van der Waals surface area (Å²) in [6.45, 7) is 0.350. The van der Waals surface area contributed by atoms with Crippen molar-refractivity contribution < 1.29 is 13.9 Å². The van der Waals surface area contributed by atoms with Crippen LogP contribution in [-0.4, -0.2) is 33.4 Å². The summed E-state index contributed by atoms with van der Waals surface area (Å²) >= 11 is 2.81. The maximum absolute atomic E-state index is 13.0. The van der Waals surface area contributed by atoms with E-state index in [1.165, 1.54) is 35.2 Å². The van der Waals surface area contributed by atoms with E-state index in [1.54, 1.807) is 19.2 Å². The molecule has 0 fully saturated rings. The van der Waals surface area contributed by atoms with Gasteiger partial charge in [-0.3, -0.25) is 9.20 Å². The number of hydrogen-bond donors (Lipinski definition) is 1. The highest BCUT2D eigenvalue weighted by Gasteiger charge is 2.15. The zero-order valence-electron chi connectivity index (χ0n) is 15.5. The first kappa shape index (κ1) is 19.4. The van der Waals surface area contributed by atoms with E-state index in [0.29, 0.717) is 11.7 Å². The molecule has 1 N–H and O–H groups in total. The molecule has 2 aromatic heterocycles. The van der Waals surface area contributed by atoms with Crippen LogP contribution in [0.15, 0.2) is 59.1 Å². The molecule has 9 heteroatoms. The lowest BCUT2D eigenvalue weighted by atomic mass is 10.1. The minimum absolute atomic E-state index is 0.130. The number of thiazole rings is 1. The average Bonchev–Trinajstić information content (AvgIpc) is 3.34. The fourth-order valence-corrected chi connectivity index (χ4v) is 4.43. The standard InChI is InChI=1S/C20H17FN4O2S2/c1-27-16-4-2-3-14(9-16)17-11-28-19-23-24-20(25(17)19)29-12-18(26)22-10-13-5-7-15(21)8-6-13/h2-9,11H,10,12H2,1H3,(H,22,26). The van der Waals surface area contributed by atoms with Crippen LogP contribution < -0.4 is 10.1 Å². The van der Waals surface area contributed by atoms with Gasteiger partial charge >= 0.3 is 0 Å². The van der Waals surface area contributed by atoms with E-state index in [1.807, 2.05) is 34.0 Å². The SMILES string of the molecule is COc1cccc(-c2csc3nnc(SCC(=O)NCc4ccc(F)cc4)n23)c1. The molecule has 0 spiro atoms. The Labute approximate surface area is 174 Å². The van der Waals surface area contributed by atoms with Crippen LogP contribution in [0.3, 0.4) is 0 Å². The number of benzene rings is 2. The lowest BCUT2D eigenvalue weighted by Gasteiger charge is -2.06. The first-order valence-corrected chi connectivity index (χ1v) is 10.6. The summed E-state index contributed by atoms with van der Waals surface area (Å²) in [5.74, 6) is 0.544. The molecule has 2 heterocycles. The second-order valence-electron chi connectivity index (χ2n) is 6.15. The number of halogens is 1. The van der Waals surface area contributed by atoms with Gasteiger partial charge in [-0.25, -0.2) is 4.39 Å². The molecule has 0 radical (unpaired) electrons. The molecule has 0 aliphatic rings. The lowest BCUT2D eigenvalue weighted by molar-refractivity contribution is -0.118. The van der Waals surface area contributed by atoms with Crippen LogP contribution in [0.25, 0.3) is 16.2 Å². The quantitative estimate of drug-likeness (QED) is 0.451. The molecular formula is C20H17FN4O2S2.